The van der Waals surface area contributed by atoms with Crippen LogP contribution in [0.25, 0.3) is 0 Å². The van der Waals surface area contributed by atoms with Crippen LogP contribution in [-0.2, 0) is 19.9 Å². The maximum Gasteiger partial charge on any atom is 0.241 e. The lowest BCUT2D eigenvalue weighted by Gasteiger charge is -2.24. The first-order valence-corrected chi connectivity index (χ1v) is 11.8. The molecule has 0 aromatic heterocycles. The van der Waals surface area contributed by atoms with Gasteiger partial charge in [0.2, 0.25) is 19.9 Å². The van der Waals surface area contributed by atoms with E-state index in [2.05, 4.69) is 10.0 Å². The van der Waals surface area contributed by atoms with Crippen LogP contribution in [0.15, 0.2) is 57.2 Å². The number of rotatable bonds is 5. The van der Waals surface area contributed by atoms with Crippen LogP contribution in [0.5, 0.6) is 0 Å². The highest BCUT2D eigenvalue weighted by Gasteiger charge is 2.27. The molecule has 1 aliphatic heterocycles. The lowest BCUT2D eigenvalue weighted by molar-refractivity contribution is 0.427. The van der Waals surface area contributed by atoms with Gasteiger partial charge in [0.15, 0.2) is 0 Å². The summed E-state index contributed by atoms with van der Waals surface area (Å²) in [5.41, 5.74) is 1.05. The van der Waals surface area contributed by atoms with E-state index in [4.69, 9.17) is 0 Å². The summed E-state index contributed by atoms with van der Waals surface area (Å²) in [6, 6.07) is 10.8. The predicted octanol–water partition coefficient (Wildman–Crippen LogP) is 2.17. The molecule has 0 spiro atoms. The maximum atomic E-state index is 13.0. The van der Waals surface area contributed by atoms with Gasteiger partial charge in [0.1, 0.15) is 0 Å². The van der Waals surface area contributed by atoms with E-state index in [9.17, 15) is 16.8 Å². The fourth-order valence-corrected chi connectivity index (χ4v) is 6.50. The predicted molar refractivity (Wildman–Crippen MR) is 104 cm³/mol. The summed E-state index contributed by atoms with van der Waals surface area (Å²) in [5, 5.41) is 3.19. The molecule has 2 N–H and O–H groups in total. The van der Waals surface area contributed by atoms with Crippen molar-refractivity contribution in [3.8, 4) is 0 Å². The Labute approximate surface area is 161 Å². The lowest BCUT2D eigenvalue weighted by atomic mass is 10.1. The van der Waals surface area contributed by atoms with Crippen LogP contribution in [0.4, 0.5) is 0 Å². The first-order valence-electron chi connectivity index (χ1n) is 8.86. The average Bonchev–Trinajstić information content (AvgIpc) is 2.62. The van der Waals surface area contributed by atoms with E-state index in [0.717, 1.165) is 13.1 Å². The van der Waals surface area contributed by atoms with E-state index in [1.54, 1.807) is 38.1 Å². The summed E-state index contributed by atoms with van der Waals surface area (Å²) < 4.78 is 54.6. The minimum Gasteiger partial charge on any atom is -0.317 e. The summed E-state index contributed by atoms with van der Waals surface area (Å²) in [7, 11) is -7.62. The Hall–Kier alpha value is -1.74. The number of sulfone groups is 1. The Bertz CT molecular complexity index is 1030. The quantitative estimate of drug-likeness (QED) is 0.791. The Morgan fingerprint density at radius 2 is 1.48 bits per heavy atom. The SMILES string of the molecule is Cc1cc(C)c(S(=O)(=O)c2ccccc2)cc1S(=O)(=O)NC1CCNCC1. The average molecular weight is 409 g/mol. The monoisotopic (exact) mass is 408 g/mol. The summed E-state index contributed by atoms with van der Waals surface area (Å²) in [6.07, 6.45) is 1.42. The Morgan fingerprint density at radius 1 is 0.889 bits per heavy atom. The second-order valence-corrected chi connectivity index (χ2v) is 10.4. The molecule has 27 heavy (non-hydrogen) atoms. The van der Waals surface area contributed by atoms with Crippen LogP contribution in [0, 0.1) is 13.8 Å². The zero-order chi connectivity index (χ0) is 19.7. The third-order valence-corrected chi connectivity index (χ3v) is 8.34. The number of hydrogen-bond donors (Lipinski definition) is 2. The third-order valence-electron chi connectivity index (χ3n) is 4.77. The standard InChI is InChI=1S/C19H24N2O4S2/c1-14-12-15(2)19(27(24,25)21-16-8-10-20-11-9-16)13-18(14)26(22,23)17-6-4-3-5-7-17/h3-7,12-13,16,20-21H,8-11H2,1-2H3. The Morgan fingerprint density at radius 3 is 2.11 bits per heavy atom. The van der Waals surface area contributed by atoms with Gasteiger partial charge in [-0.05, 0) is 69.1 Å². The van der Waals surface area contributed by atoms with Crippen molar-refractivity contribution in [3.05, 3.63) is 53.6 Å². The van der Waals surface area contributed by atoms with Crippen LogP contribution in [0.2, 0.25) is 0 Å². The molecule has 8 heteroatoms. The molecule has 2 aromatic rings. The van der Waals surface area contributed by atoms with Crippen molar-refractivity contribution < 1.29 is 16.8 Å². The molecule has 3 rings (SSSR count). The van der Waals surface area contributed by atoms with Gasteiger partial charge in [-0.3, -0.25) is 0 Å². The molecule has 0 atom stereocenters. The highest BCUT2D eigenvalue weighted by atomic mass is 32.2. The van der Waals surface area contributed by atoms with Gasteiger partial charge in [-0.2, -0.15) is 0 Å². The van der Waals surface area contributed by atoms with E-state index < -0.39 is 19.9 Å². The second-order valence-electron chi connectivity index (χ2n) is 6.85. The number of aryl methyl sites for hydroxylation is 2. The summed E-state index contributed by atoms with van der Waals surface area (Å²) in [5.74, 6) is 0. The van der Waals surface area contributed by atoms with Crippen LogP contribution >= 0.6 is 0 Å². The van der Waals surface area contributed by atoms with Crippen LogP contribution in [0.1, 0.15) is 24.0 Å². The molecule has 2 aromatic carbocycles. The largest absolute Gasteiger partial charge is 0.317 e. The van der Waals surface area contributed by atoms with Crippen molar-refractivity contribution in [2.45, 2.75) is 47.4 Å². The molecule has 0 bridgehead atoms. The molecule has 1 aliphatic rings. The minimum absolute atomic E-state index is 0.0149. The van der Waals surface area contributed by atoms with E-state index in [-0.39, 0.29) is 20.7 Å². The minimum atomic E-state index is -3.81. The molecule has 146 valence electrons. The van der Waals surface area contributed by atoms with Gasteiger partial charge in [-0.15, -0.1) is 0 Å². The number of sulfonamides is 1. The molecule has 0 unspecified atom stereocenters. The molecule has 1 saturated heterocycles. The van der Waals surface area contributed by atoms with Gasteiger partial charge in [0, 0.05) is 6.04 Å². The first-order chi connectivity index (χ1) is 12.7. The first kappa shape index (κ1) is 20.0. The number of piperidine rings is 1. The highest BCUT2D eigenvalue weighted by molar-refractivity contribution is 7.91. The van der Waals surface area contributed by atoms with E-state index in [1.807, 2.05) is 0 Å². The summed E-state index contributed by atoms with van der Waals surface area (Å²) in [6.45, 7) is 4.88. The van der Waals surface area contributed by atoms with Gasteiger partial charge in [-0.25, -0.2) is 21.6 Å². The zero-order valence-electron chi connectivity index (χ0n) is 15.4. The van der Waals surface area contributed by atoms with Gasteiger partial charge in [0.05, 0.1) is 14.7 Å². The van der Waals surface area contributed by atoms with Crippen LogP contribution < -0.4 is 10.0 Å². The Balaban J connectivity index is 2.04. The third kappa shape index (κ3) is 4.24. The Kier molecular flexibility index (Phi) is 5.71. The smallest absolute Gasteiger partial charge is 0.241 e. The van der Waals surface area contributed by atoms with Crippen molar-refractivity contribution in [1.82, 2.24) is 10.0 Å². The normalized spacial score (nSPS) is 16.4. The molecule has 0 radical (unpaired) electrons. The molecule has 0 aliphatic carbocycles. The van der Waals surface area contributed by atoms with E-state index >= 15 is 0 Å². The number of nitrogens with one attached hydrogen (secondary N) is 2. The molecule has 0 saturated carbocycles. The van der Waals surface area contributed by atoms with Crippen LogP contribution in [0.3, 0.4) is 0 Å². The molecule has 1 heterocycles. The number of benzene rings is 2. The van der Waals surface area contributed by atoms with Gasteiger partial charge in [-0.1, -0.05) is 24.3 Å². The van der Waals surface area contributed by atoms with Gasteiger partial charge >= 0.3 is 0 Å². The van der Waals surface area contributed by atoms with Crippen molar-refractivity contribution in [2.24, 2.45) is 0 Å². The summed E-state index contributed by atoms with van der Waals surface area (Å²) in [4.78, 5) is 0.178. The lowest BCUT2D eigenvalue weighted by Crippen LogP contribution is -2.42. The van der Waals surface area contributed by atoms with Gasteiger partial charge in [0.25, 0.3) is 0 Å². The summed E-state index contributed by atoms with van der Waals surface area (Å²) >= 11 is 0. The number of hydrogen-bond acceptors (Lipinski definition) is 5. The van der Waals surface area contributed by atoms with E-state index in [1.165, 1.54) is 18.2 Å². The van der Waals surface area contributed by atoms with Crippen LogP contribution in [-0.4, -0.2) is 36.0 Å². The topological polar surface area (TPSA) is 92.3 Å². The van der Waals surface area contributed by atoms with Crippen molar-refractivity contribution >= 4 is 19.9 Å². The molecular formula is C19H24N2O4S2. The fraction of sp³-hybridized carbons (Fsp3) is 0.368. The van der Waals surface area contributed by atoms with Crippen molar-refractivity contribution in [1.29, 1.82) is 0 Å². The second kappa shape index (κ2) is 7.71. The van der Waals surface area contributed by atoms with E-state index in [0.29, 0.717) is 24.0 Å². The fourth-order valence-electron chi connectivity index (χ4n) is 3.34. The maximum absolute atomic E-state index is 13.0. The van der Waals surface area contributed by atoms with Gasteiger partial charge < -0.3 is 5.32 Å². The van der Waals surface area contributed by atoms with Crippen molar-refractivity contribution in [2.75, 3.05) is 13.1 Å². The highest BCUT2D eigenvalue weighted by Crippen LogP contribution is 2.29. The molecule has 6 nitrogen and oxygen atoms in total. The molecular weight excluding hydrogens is 384 g/mol. The zero-order valence-corrected chi connectivity index (χ0v) is 17.0. The van der Waals surface area contributed by atoms with Crippen molar-refractivity contribution in [3.63, 3.8) is 0 Å². The molecule has 1 fully saturated rings. The molecule has 0 amide bonds.